The maximum Gasteiger partial charge on any atom is 0.141 e. The van der Waals surface area contributed by atoms with E-state index in [1.807, 2.05) is 12.1 Å². The summed E-state index contributed by atoms with van der Waals surface area (Å²) in [6.07, 6.45) is 0. The first-order valence-corrected chi connectivity index (χ1v) is 12.9. The Morgan fingerprint density at radius 2 is 1.06 bits per heavy atom. The number of hydrogen-bond acceptors (Lipinski definition) is 3. The van der Waals surface area contributed by atoms with Gasteiger partial charge in [-0.3, -0.25) is 0 Å². The Bertz CT molecular complexity index is 1260. The molecule has 0 saturated heterocycles. The van der Waals surface area contributed by atoms with Gasteiger partial charge in [0.05, 0.1) is 5.56 Å². The van der Waals surface area contributed by atoms with Crippen molar-refractivity contribution in [3.63, 3.8) is 0 Å². The molecule has 0 aromatic heterocycles. The van der Waals surface area contributed by atoms with Crippen molar-refractivity contribution >= 4 is 31.9 Å². The van der Waals surface area contributed by atoms with E-state index < -0.39 is 0 Å². The van der Waals surface area contributed by atoms with Crippen LogP contribution in [-0.4, -0.2) is 0 Å². The van der Waals surface area contributed by atoms with Crippen LogP contribution >= 0.6 is 31.9 Å². The van der Waals surface area contributed by atoms with Crippen molar-refractivity contribution in [3.05, 3.63) is 88.3 Å². The largest absolute Gasteiger partial charge is 0.489 e. The van der Waals surface area contributed by atoms with Crippen LogP contribution in [0.4, 0.5) is 0 Å². The lowest BCUT2D eigenvalue weighted by Gasteiger charge is -2.19. The van der Waals surface area contributed by atoms with Crippen molar-refractivity contribution in [1.82, 2.24) is 0 Å². The molecule has 0 aliphatic rings. The van der Waals surface area contributed by atoms with Crippen molar-refractivity contribution in [2.45, 2.75) is 68.6 Å². The van der Waals surface area contributed by atoms with Crippen LogP contribution in [0.1, 0.15) is 61.2 Å². The smallest absolute Gasteiger partial charge is 0.141 e. The molecule has 0 amide bonds. The molecule has 0 heterocycles. The zero-order valence-electron chi connectivity index (χ0n) is 21.2. The van der Waals surface area contributed by atoms with Crippen LogP contribution in [0, 0.1) is 66.7 Å². The molecule has 3 aromatic rings. The molecule has 178 valence electrons. The predicted molar refractivity (Wildman–Crippen MR) is 146 cm³/mol. The first-order chi connectivity index (χ1) is 16.0. The second kappa shape index (κ2) is 10.5. The van der Waals surface area contributed by atoms with Crippen molar-refractivity contribution in [1.29, 1.82) is 5.26 Å². The predicted octanol–water partition coefficient (Wildman–Crippen LogP) is 8.71. The van der Waals surface area contributed by atoms with Crippen molar-refractivity contribution < 1.29 is 9.47 Å². The van der Waals surface area contributed by atoms with Gasteiger partial charge in [-0.05, 0) is 123 Å². The van der Waals surface area contributed by atoms with E-state index in [-0.39, 0.29) is 0 Å². The van der Waals surface area contributed by atoms with Crippen LogP contribution < -0.4 is 9.47 Å². The standard InChI is InChI=1S/C29H31Br2NO2/c1-15-19(5)28(30)20(6)16(2)25(15)13-33-24-10-9-23(12-32)27(11-24)34-14-26-17(3)21(7)29(31)22(8)18(26)4/h9-11H,13-14H2,1-8H3. The Kier molecular flexibility index (Phi) is 8.16. The molecule has 34 heavy (non-hydrogen) atoms. The molecule has 3 rings (SSSR count). The van der Waals surface area contributed by atoms with Gasteiger partial charge in [-0.1, -0.05) is 31.9 Å². The molecule has 5 heteroatoms. The summed E-state index contributed by atoms with van der Waals surface area (Å²) >= 11 is 7.40. The Morgan fingerprint density at radius 3 is 1.47 bits per heavy atom. The van der Waals surface area contributed by atoms with E-state index >= 15 is 0 Å². The SMILES string of the molecule is Cc1c(C)c(COc2ccc(C#N)c(OCc3c(C)c(C)c(Br)c(C)c3C)c2)c(C)c(C)c1Br. The third-order valence-electron chi connectivity index (χ3n) is 7.21. The number of rotatable bonds is 6. The van der Waals surface area contributed by atoms with Crippen molar-refractivity contribution in [3.8, 4) is 17.6 Å². The normalized spacial score (nSPS) is 10.9. The lowest BCUT2D eigenvalue weighted by molar-refractivity contribution is 0.287. The minimum Gasteiger partial charge on any atom is -0.489 e. The van der Waals surface area contributed by atoms with Crippen LogP contribution in [0.25, 0.3) is 0 Å². The molecule has 0 radical (unpaired) electrons. The van der Waals surface area contributed by atoms with Gasteiger partial charge in [0.1, 0.15) is 30.8 Å². The van der Waals surface area contributed by atoms with E-state index in [0.717, 1.165) is 14.5 Å². The van der Waals surface area contributed by atoms with Crippen LogP contribution in [0.3, 0.4) is 0 Å². The Balaban J connectivity index is 1.87. The summed E-state index contributed by atoms with van der Waals surface area (Å²) in [7, 11) is 0. The summed E-state index contributed by atoms with van der Waals surface area (Å²) in [5.74, 6) is 1.22. The lowest BCUT2D eigenvalue weighted by atomic mass is 9.94. The highest BCUT2D eigenvalue weighted by atomic mass is 79.9. The molecule has 0 unspecified atom stereocenters. The highest BCUT2D eigenvalue weighted by molar-refractivity contribution is 9.10. The molecule has 0 spiro atoms. The second-order valence-corrected chi connectivity index (χ2v) is 10.5. The summed E-state index contributed by atoms with van der Waals surface area (Å²) in [6.45, 7) is 17.8. The molecule has 0 N–H and O–H groups in total. The summed E-state index contributed by atoms with van der Waals surface area (Å²) in [6, 6.07) is 7.66. The lowest BCUT2D eigenvalue weighted by Crippen LogP contribution is -2.07. The number of hydrogen-bond donors (Lipinski definition) is 0. The molecule has 3 nitrogen and oxygen atoms in total. The fourth-order valence-corrected chi connectivity index (χ4v) is 5.42. The van der Waals surface area contributed by atoms with Crippen LogP contribution in [0.5, 0.6) is 11.5 Å². The quantitative estimate of drug-likeness (QED) is 0.291. The zero-order valence-corrected chi connectivity index (χ0v) is 24.3. The van der Waals surface area contributed by atoms with E-state index in [0.29, 0.717) is 30.3 Å². The number of ether oxygens (including phenoxy) is 2. The van der Waals surface area contributed by atoms with E-state index in [4.69, 9.17) is 9.47 Å². The minimum atomic E-state index is 0.397. The molecular formula is C29H31Br2NO2. The fraction of sp³-hybridized carbons (Fsp3) is 0.345. The first-order valence-electron chi connectivity index (χ1n) is 11.3. The van der Waals surface area contributed by atoms with Crippen molar-refractivity contribution in [2.75, 3.05) is 0 Å². The van der Waals surface area contributed by atoms with Gasteiger partial charge in [-0.2, -0.15) is 5.26 Å². The third-order valence-corrected chi connectivity index (χ3v) is 9.59. The van der Waals surface area contributed by atoms with E-state index in [1.54, 1.807) is 6.07 Å². The number of nitriles is 1. The van der Waals surface area contributed by atoms with Gasteiger partial charge in [0, 0.05) is 15.0 Å². The molecular weight excluding hydrogens is 554 g/mol. The van der Waals surface area contributed by atoms with Gasteiger partial charge in [-0.25, -0.2) is 0 Å². The topological polar surface area (TPSA) is 42.2 Å². The van der Waals surface area contributed by atoms with E-state index in [2.05, 4.69) is 93.3 Å². The summed E-state index contributed by atoms with van der Waals surface area (Å²) in [5, 5.41) is 9.63. The van der Waals surface area contributed by atoms with Crippen LogP contribution in [-0.2, 0) is 13.2 Å². The van der Waals surface area contributed by atoms with Gasteiger partial charge < -0.3 is 9.47 Å². The van der Waals surface area contributed by atoms with Gasteiger partial charge in [0.15, 0.2) is 0 Å². The Labute approximate surface area is 220 Å². The Morgan fingerprint density at radius 1 is 0.647 bits per heavy atom. The number of benzene rings is 3. The maximum atomic E-state index is 9.63. The zero-order chi connectivity index (χ0) is 25.3. The molecule has 0 aliphatic carbocycles. The number of halogens is 2. The molecule has 0 atom stereocenters. The molecule has 3 aromatic carbocycles. The maximum absolute atomic E-state index is 9.63. The average Bonchev–Trinajstić information content (AvgIpc) is 2.83. The molecule has 0 aliphatic heterocycles. The van der Waals surface area contributed by atoms with Crippen LogP contribution in [0.2, 0.25) is 0 Å². The summed E-state index contributed by atoms with van der Waals surface area (Å²) in [5.41, 5.74) is 12.6. The highest BCUT2D eigenvalue weighted by Crippen LogP contribution is 2.34. The second-order valence-electron chi connectivity index (χ2n) is 8.93. The van der Waals surface area contributed by atoms with Gasteiger partial charge in [0.25, 0.3) is 0 Å². The Hall–Kier alpha value is -2.29. The molecule has 0 fully saturated rings. The van der Waals surface area contributed by atoms with Crippen molar-refractivity contribution in [2.24, 2.45) is 0 Å². The average molecular weight is 585 g/mol. The third kappa shape index (κ3) is 4.90. The van der Waals surface area contributed by atoms with E-state index in [1.165, 1.54) is 50.1 Å². The fourth-order valence-electron chi connectivity index (χ4n) is 4.23. The summed E-state index contributed by atoms with van der Waals surface area (Å²) < 4.78 is 14.7. The van der Waals surface area contributed by atoms with Crippen LogP contribution in [0.15, 0.2) is 27.1 Å². The minimum absolute atomic E-state index is 0.397. The van der Waals surface area contributed by atoms with Gasteiger partial charge >= 0.3 is 0 Å². The first kappa shape index (κ1) is 26.3. The van der Waals surface area contributed by atoms with Gasteiger partial charge in [0.2, 0.25) is 0 Å². The molecule has 0 bridgehead atoms. The molecule has 0 saturated carbocycles. The highest BCUT2D eigenvalue weighted by Gasteiger charge is 2.16. The monoisotopic (exact) mass is 583 g/mol. The van der Waals surface area contributed by atoms with Gasteiger partial charge in [-0.15, -0.1) is 0 Å². The van der Waals surface area contributed by atoms with E-state index in [9.17, 15) is 5.26 Å². The number of nitrogens with zero attached hydrogens (tertiary/aromatic N) is 1. The summed E-state index contributed by atoms with van der Waals surface area (Å²) in [4.78, 5) is 0.